The van der Waals surface area contributed by atoms with Crippen LogP contribution in [0.5, 0.6) is 0 Å². The SMILES string of the molecule is CC(C)(C)c1ccc(CN(CCc2cccc(C(F)(F)F)c2)C(=O)c2cc(Cl)cc(Cl)c2)cc1. The van der Waals surface area contributed by atoms with E-state index < -0.39 is 11.7 Å². The molecule has 34 heavy (non-hydrogen) atoms. The van der Waals surface area contributed by atoms with E-state index in [1.807, 2.05) is 24.3 Å². The van der Waals surface area contributed by atoms with Crippen LogP contribution >= 0.6 is 23.2 Å². The molecule has 0 saturated heterocycles. The summed E-state index contributed by atoms with van der Waals surface area (Å²) in [4.78, 5) is 15.0. The van der Waals surface area contributed by atoms with Crippen LogP contribution in [0, 0.1) is 0 Å². The van der Waals surface area contributed by atoms with Gasteiger partial charge in [0.05, 0.1) is 5.56 Å². The summed E-state index contributed by atoms with van der Waals surface area (Å²) < 4.78 is 39.3. The maximum absolute atomic E-state index is 13.4. The van der Waals surface area contributed by atoms with Gasteiger partial charge in [0.2, 0.25) is 0 Å². The first-order chi connectivity index (χ1) is 15.8. The fourth-order valence-corrected chi connectivity index (χ4v) is 4.14. The number of benzene rings is 3. The van der Waals surface area contributed by atoms with E-state index in [0.717, 1.165) is 17.7 Å². The highest BCUT2D eigenvalue weighted by Crippen LogP contribution is 2.30. The minimum atomic E-state index is -4.42. The molecule has 0 atom stereocenters. The van der Waals surface area contributed by atoms with Gasteiger partial charge in [-0.3, -0.25) is 4.79 Å². The smallest absolute Gasteiger partial charge is 0.334 e. The molecular formula is C27H26Cl2F3NO. The molecule has 0 bridgehead atoms. The number of hydrogen-bond donors (Lipinski definition) is 0. The van der Waals surface area contributed by atoms with Gasteiger partial charge in [-0.15, -0.1) is 0 Å². The molecule has 180 valence electrons. The van der Waals surface area contributed by atoms with Crippen molar-refractivity contribution in [2.75, 3.05) is 6.54 Å². The van der Waals surface area contributed by atoms with E-state index >= 15 is 0 Å². The molecule has 0 aliphatic rings. The Hall–Kier alpha value is -2.50. The molecule has 0 aromatic heterocycles. The fourth-order valence-electron chi connectivity index (χ4n) is 3.61. The molecule has 0 fully saturated rings. The van der Waals surface area contributed by atoms with Crippen LogP contribution in [0.2, 0.25) is 10.0 Å². The lowest BCUT2D eigenvalue weighted by Gasteiger charge is -2.24. The molecule has 0 N–H and O–H groups in total. The zero-order valence-corrected chi connectivity index (χ0v) is 20.7. The first kappa shape index (κ1) is 26.1. The Balaban J connectivity index is 1.86. The monoisotopic (exact) mass is 507 g/mol. The number of hydrogen-bond acceptors (Lipinski definition) is 1. The summed E-state index contributed by atoms with van der Waals surface area (Å²) >= 11 is 12.2. The summed E-state index contributed by atoms with van der Waals surface area (Å²) in [5.74, 6) is -0.295. The second kappa shape index (κ2) is 10.4. The van der Waals surface area contributed by atoms with Crippen LogP contribution in [0.1, 0.15) is 53.4 Å². The number of halogens is 5. The van der Waals surface area contributed by atoms with Crippen LogP contribution < -0.4 is 0 Å². The van der Waals surface area contributed by atoms with E-state index in [0.29, 0.717) is 27.7 Å². The Morgan fingerprint density at radius 1 is 0.824 bits per heavy atom. The summed E-state index contributed by atoms with van der Waals surface area (Å²) in [6.07, 6.45) is -4.15. The Morgan fingerprint density at radius 2 is 1.44 bits per heavy atom. The topological polar surface area (TPSA) is 20.3 Å². The van der Waals surface area contributed by atoms with Gasteiger partial charge >= 0.3 is 6.18 Å². The number of nitrogens with zero attached hydrogens (tertiary/aromatic N) is 1. The Bertz CT molecular complexity index is 1130. The number of rotatable bonds is 6. The van der Waals surface area contributed by atoms with Crippen molar-refractivity contribution in [2.45, 2.75) is 45.3 Å². The van der Waals surface area contributed by atoms with E-state index in [1.165, 1.54) is 29.8 Å². The van der Waals surface area contributed by atoms with Crippen molar-refractivity contribution in [3.63, 3.8) is 0 Å². The molecule has 3 aromatic carbocycles. The van der Waals surface area contributed by atoms with Gasteiger partial charge in [-0.1, -0.05) is 86.4 Å². The number of carbonyl (C=O) groups excluding carboxylic acids is 1. The summed E-state index contributed by atoms with van der Waals surface area (Å²) in [7, 11) is 0. The van der Waals surface area contributed by atoms with Crippen LogP contribution in [0.15, 0.2) is 66.7 Å². The first-order valence-electron chi connectivity index (χ1n) is 10.8. The summed E-state index contributed by atoms with van der Waals surface area (Å²) in [5.41, 5.74) is 2.20. The van der Waals surface area contributed by atoms with E-state index in [4.69, 9.17) is 23.2 Å². The molecule has 3 aromatic rings. The standard InChI is InChI=1S/C27H26Cl2F3NO/c1-26(2,3)21-9-7-19(8-10-21)17-33(25(34)20-14-23(28)16-24(29)15-20)12-11-18-5-4-6-22(13-18)27(30,31)32/h4-10,13-16H,11-12,17H2,1-3H3. The van der Waals surface area contributed by atoms with E-state index in [9.17, 15) is 18.0 Å². The lowest BCUT2D eigenvalue weighted by atomic mass is 9.87. The van der Waals surface area contributed by atoms with Crippen molar-refractivity contribution >= 4 is 29.1 Å². The largest absolute Gasteiger partial charge is 0.416 e. The van der Waals surface area contributed by atoms with E-state index in [2.05, 4.69) is 20.8 Å². The van der Waals surface area contributed by atoms with Gasteiger partial charge < -0.3 is 4.90 Å². The lowest BCUT2D eigenvalue weighted by Crippen LogP contribution is -2.32. The maximum atomic E-state index is 13.4. The summed E-state index contributed by atoms with van der Waals surface area (Å²) in [6, 6.07) is 17.8. The quantitative estimate of drug-likeness (QED) is 0.329. The number of alkyl halides is 3. The zero-order chi connectivity index (χ0) is 25.1. The minimum absolute atomic E-state index is 0.00489. The Labute approximate surface area is 208 Å². The molecule has 7 heteroatoms. The van der Waals surface area contributed by atoms with Crippen LogP contribution in [0.3, 0.4) is 0 Å². The third kappa shape index (κ3) is 7.00. The van der Waals surface area contributed by atoms with Gasteiger partial charge in [-0.25, -0.2) is 0 Å². The van der Waals surface area contributed by atoms with E-state index in [-0.39, 0.29) is 24.3 Å². The highest BCUT2D eigenvalue weighted by molar-refractivity contribution is 6.35. The third-order valence-corrected chi connectivity index (χ3v) is 5.95. The van der Waals surface area contributed by atoms with Gasteiger partial charge in [0, 0.05) is 28.7 Å². The summed E-state index contributed by atoms with van der Waals surface area (Å²) in [5, 5.41) is 0.673. The normalized spacial score (nSPS) is 12.0. The molecule has 0 aliphatic heterocycles. The average molecular weight is 508 g/mol. The third-order valence-electron chi connectivity index (χ3n) is 5.51. The van der Waals surface area contributed by atoms with Crippen molar-refractivity contribution in [2.24, 2.45) is 0 Å². The highest BCUT2D eigenvalue weighted by Gasteiger charge is 2.30. The maximum Gasteiger partial charge on any atom is 0.416 e. The van der Waals surface area contributed by atoms with Crippen molar-refractivity contribution in [3.8, 4) is 0 Å². The second-order valence-electron chi connectivity index (χ2n) is 9.28. The molecular weight excluding hydrogens is 482 g/mol. The molecule has 1 amide bonds. The van der Waals surface area contributed by atoms with Gasteiger partial charge in [0.15, 0.2) is 0 Å². The van der Waals surface area contributed by atoms with Crippen molar-refractivity contribution in [1.82, 2.24) is 4.90 Å². The average Bonchev–Trinajstić information content (AvgIpc) is 2.75. The molecule has 2 nitrogen and oxygen atoms in total. The molecule has 0 saturated carbocycles. The first-order valence-corrected chi connectivity index (χ1v) is 11.6. The lowest BCUT2D eigenvalue weighted by molar-refractivity contribution is -0.137. The van der Waals surface area contributed by atoms with Crippen molar-refractivity contribution in [3.05, 3.63) is 105 Å². The molecule has 0 spiro atoms. The molecule has 0 aliphatic carbocycles. The van der Waals surface area contributed by atoms with Crippen LogP contribution in [-0.2, 0) is 24.6 Å². The molecule has 0 radical (unpaired) electrons. The van der Waals surface area contributed by atoms with Gasteiger partial charge in [0.25, 0.3) is 5.91 Å². The predicted octanol–water partition coefficient (Wildman–Crippen LogP) is 8.19. The van der Waals surface area contributed by atoms with Gasteiger partial charge in [-0.05, 0) is 52.8 Å². The number of amides is 1. The van der Waals surface area contributed by atoms with Crippen LogP contribution in [-0.4, -0.2) is 17.4 Å². The van der Waals surface area contributed by atoms with Gasteiger partial charge in [-0.2, -0.15) is 13.2 Å². The highest BCUT2D eigenvalue weighted by atomic mass is 35.5. The molecule has 3 rings (SSSR count). The van der Waals surface area contributed by atoms with Crippen LogP contribution in [0.4, 0.5) is 13.2 Å². The van der Waals surface area contributed by atoms with Crippen molar-refractivity contribution in [1.29, 1.82) is 0 Å². The van der Waals surface area contributed by atoms with Crippen molar-refractivity contribution < 1.29 is 18.0 Å². The van der Waals surface area contributed by atoms with E-state index in [1.54, 1.807) is 11.0 Å². The summed E-state index contributed by atoms with van der Waals surface area (Å²) in [6.45, 7) is 6.89. The Morgan fingerprint density at radius 3 is 2.00 bits per heavy atom. The number of carbonyl (C=O) groups is 1. The Kier molecular flexibility index (Phi) is 7.99. The zero-order valence-electron chi connectivity index (χ0n) is 19.2. The fraction of sp³-hybridized carbons (Fsp3) is 0.296. The van der Waals surface area contributed by atoms with Crippen LogP contribution in [0.25, 0.3) is 0 Å². The predicted molar refractivity (Wildman–Crippen MR) is 131 cm³/mol. The second-order valence-corrected chi connectivity index (χ2v) is 10.2. The molecule has 0 unspecified atom stereocenters. The van der Waals surface area contributed by atoms with Gasteiger partial charge in [0.1, 0.15) is 0 Å². The molecule has 0 heterocycles. The minimum Gasteiger partial charge on any atom is -0.334 e.